The average molecular weight is 492 g/mol. The standard InChI is InChI=1S/C23H20F4N4O2S/c24-16-4-1-13(2-5-16)8-30-22(33)15-7-18-20(21(32)17(28)12-34-18)31(11-15)10-14-3-6-19(29-9-14)23(25,26)27/h1-7,9,11,17,20H,8,10,12,28H2,(H,30,33)/t17-,20?/m0/s1. The molecule has 1 fully saturated rings. The number of thioether (sulfide) groups is 1. The van der Waals surface area contributed by atoms with Crippen LogP contribution in [0.25, 0.3) is 0 Å². The summed E-state index contributed by atoms with van der Waals surface area (Å²) < 4.78 is 51.6. The Morgan fingerprint density at radius 3 is 2.53 bits per heavy atom. The van der Waals surface area contributed by atoms with Crippen LogP contribution in [0, 0.1) is 5.82 Å². The summed E-state index contributed by atoms with van der Waals surface area (Å²) in [4.78, 5) is 31.4. The quantitative estimate of drug-likeness (QED) is 0.624. The van der Waals surface area contributed by atoms with Crippen molar-refractivity contribution in [3.63, 3.8) is 0 Å². The highest BCUT2D eigenvalue weighted by molar-refractivity contribution is 8.03. The number of rotatable bonds is 5. The summed E-state index contributed by atoms with van der Waals surface area (Å²) in [6.45, 7) is 0.226. The molecule has 2 atom stereocenters. The third-order valence-electron chi connectivity index (χ3n) is 5.38. The molecule has 1 aromatic heterocycles. The predicted molar refractivity (Wildman–Crippen MR) is 118 cm³/mol. The second-order valence-corrected chi connectivity index (χ2v) is 8.98. The van der Waals surface area contributed by atoms with E-state index in [0.29, 0.717) is 21.8 Å². The molecule has 0 saturated carbocycles. The third-order valence-corrected chi connectivity index (χ3v) is 6.58. The van der Waals surface area contributed by atoms with E-state index >= 15 is 0 Å². The van der Waals surface area contributed by atoms with Crippen molar-refractivity contribution in [2.45, 2.75) is 31.3 Å². The van der Waals surface area contributed by atoms with E-state index in [2.05, 4.69) is 10.3 Å². The van der Waals surface area contributed by atoms with E-state index in [-0.39, 0.29) is 30.3 Å². The number of halogens is 4. The van der Waals surface area contributed by atoms with E-state index in [1.807, 2.05) is 0 Å². The molecular weight excluding hydrogens is 472 g/mol. The summed E-state index contributed by atoms with van der Waals surface area (Å²) in [7, 11) is 0. The lowest BCUT2D eigenvalue weighted by molar-refractivity contribution is -0.141. The number of alkyl halides is 3. The van der Waals surface area contributed by atoms with Crippen LogP contribution in [0.1, 0.15) is 16.8 Å². The van der Waals surface area contributed by atoms with Crippen molar-refractivity contribution >= 4 is 23.5 Å². The maximum Gasteiger partial charge on any atom is 0.433 e. The number of fused-ring (bicyclic) bond motifs is 1. The number of carbonyl (C=O) groups excluding carboxylic acids is 2. The van der Waals surface area contributed by atoms with Gasteiger partial charge in [-0.1, -0.05) is 18.2 Å². The van der Waals surface area contributed by atoms with Crippen LogP contribution in [0.3, 0.4) is 0 Å². The van der Waals surface area contributed by atoms with E-state index in [9.17, 15) is 27.2 Å². The highest BCUT2D eigenvalue weighted by Gasteiger charge is 2.39. The Morgan fingerprint density at radius 2 is 1.88 bits per heavy atom. The maximum atomic E-state index is 13.1. The van der Waals surface area contributed by atoms with Gasteiger partial charge in [-0.3, -0.25) is 14.6 Å². The zero-order valence-electron chi connectivity index (χ0n) is 17.7. The number of carbonyl (C=O) groups is 2. The fraction of sp³-hybridized carbons (Fsp3) is 0.261. The van der Waals surface area contributed by atoms with Crippen LogP contribution in [0.15, 0.2) is 65.3 Å². The molecule has 2 aromatic rings. The minimum atomic E-state index is -4.56. The van der Waals surface area contributed by atoms with Gasteiger partial charge in [0, 0.05) is 36.1 Å². The van der Waals surface area contributed by atoms with Crippen molar-refractivity contribution in [2.24, 2.45) is 5.73 Å². The molecule has 34 heavy (non-hydrogen) atoms. The Balaban J connectivity index is 1.55. The lowest BCUT2D eigenvalue weighted by atomic mass is 9.99. The van der Waals surface area contributed by atoms with Gasteiger partial charge in [-0.05, 0) is 35.4 Å². The minimum Gasteiger partial charge on any atom is -0.358 e. The van der Waals surface area contributed by atoms with Crippen LogP contribution in [-0.4, -0.2) is 39.4 Å². The average Bonchev–Trinajstić information content (AvgIpc) is 2.80. The topological polar surface area (TPSA) is 88.3 Å². The van der Waals surface area contributed by atoms with Gasteiger partial charge >= 0.3 is 6.18 Å². The number of amides is 1. The number of pyridine rings is 1. The number of ketones is 1. The van der Waals surface area contributed by atoms with E-state index in [0.717, 1.165) is 12.3 Å². The van der Waals surface area contributed by atoms with Gasteiger partial charge in [0.25, 0.3) is 5.91 Å². The zero-order chi connectivity index (χ0) is 24.5. The monoisotopic (exact) mass is 492 g/mol. The molecule has 1 amide bonds. The number of benzene rings is 1. The van der Waals surface area contributed by atoms with Gasteiger partial charge in [-0.15, -0.1) is 11.8 Å². The summed E-state index contributed by atoms with van der Waals surface area (Å²) in [5.74, 6) is -0.659. The molecule has 4 rings (SSSR count). The molecule has 2 aliphatic heterocycles. The fourth-order valence-electron chi connectivity index (χ4n) is 3.63. The minimum absolute atomic E-state index is 0.0565. The number of nitrogens with zero attached hydrogens (tertiary/aromatic N) is 2. The van der Waals surface area contributed by atoms with Gasteiger partial charge in [0.1, 0.15) is 17.6 Å². The van der Waals surface area contributed by atoms with Gasteiger partial charge in [-0.25, -0.2) is 4.39 Å². The summed E-state index contributed by atoms with van der Waals surface area (Å²) in [6, 6.07) is 6.44. The van der Waals surface area contributed by atoms with Crippen molar-refractivity contribution in [1.82, 2.24) is 15.2 Å². The van der Waals surface area contributed by atoms with Crippen LogP contribution in [0.2, 0.25) is 0 Å². The predicted octanol–water partition coefficient (Wildman–Crippen LogP) is 3.15. The summed E-state index contributed by atoms with van der Waals surface area (Å²) in [6.07, 6.45) is -0.329. The Kier molecular flexibility index (Phi) is 6.76. The smallest absolute Gasteiger partial charge is 0.358 e. The van der Waals surface area contributed by atoms with Crippen LogP contribution >= 0.6 is 11.8 Å². The second kappa shape index (κ2) is 9.59. The highest BCUT2D eigenvalue weighted by Crippen LogP contribution is 2.36. The van der Waals surface area contributed by atoms with Gasteiger partial charge in [-0.2, -0.15) is 13.2 Å². The van der Waals surface area contributed by atoms with Gasteiger partial charge in [0.05, 0.1) is 11.6 Å². The first kappa shape index (κ1) is 24.0. The van der Waals surface area contributed by atoms with Crippen LogP contribution in [-0.2, 0) is 28.9 Å². The van der Waals surface area contributed by atoms with Crippen molar-refractivity contribution in [3.8, 4) is 0 Å². The molecule has 6 nitrogen and oxygen atoms in total. The van der Waals surface area contributed by atoms with E-state index in [4.69, 9.17) is 5.73 Å². The van der Waals surface area contributed by atoms with Crippen LogP contribution < -0.4 is 11.1 Å². The molecule has 1 unspecified atom stereocenters. The molecular formula is C23H20F4N4O2S. The number of hydrogen-bond donors (Lipinski definition) is 2. The lowest BCUT2D eigenvalue weighted by Gasteiger charge is -2.38. The molecule has 0 aliphatic carbocycles. The highest BCUT2D eigenvalue weighted by atomic mass is 32.2. The molecule has 0 radical (unpaired) electrons. The molecule has 178 valence electrons. The number of Topliss-reactive ketones (excluding diaryl/α,β-unsaturated/α-hetero) is 1. The van der Waals surface area contributed by atoms with Gasteiger partial charge in [0.15, 0.2) is 5.78 Å². The lowest BCUT2D eigenvalue weighted by Crippen LogP contribution is -2.52. The van der Waals surface area contributed by atoms with Crippen LogP contribution in [0.4, 0.5) is 17.6 Å². The molecule has 0 bridgehead atoms. The maximum absolute atomic E-state index is 13.1. The molecule has 2 aliphatic rings. The molecule has 3 N–H and O–H groups in total. The van der Waals surface area contributed by atoms with Gasteiger partial charge in [0.2, 0.25) is 0 Å². The Labute approximate surface area is 196 Å². The SMILES string of the molecule is N[C@H]1CSC2=CC(C(=O)NCc3ccc(F)cc3)=CN(Cc3ccc(C(F)(F)F)nc3)C2C1=O. The second-order valence-electron chi connectivity index (χ2n) is 7.88. The molecule has 0 spiro atoms. The zero-order valence-corrected chi connectivity index (χ0v) is 18.5. The molecule has 3 heterocycles. The van der Waals surface area contributed by atoms with E-state index in [1.54, 1.807) is 23.1 Å². The first-order chi connectivity index (χ1) is 16.1. The molecule has 11 heteroatoms. The van der Waals surface area contributed by atoms with Crippen molar-refractivity contribution in [3.05, 3.63) is 88.0 Å². The first-order valence-corrected chi connectivity index (χ1v) is 11.3. The van der Waals surface area contributed by atoms with Crippen molar-refractivity contribution < 1.29 is 27.2 Å². The largest absolute Gasteiger partial charge is 0.433 e. The normalized spacial score (nSPS) is 20.4. The summed E-state index contributed by atoms with van der Waals surface area (Å²) in [5, 5.41) is 2.75. The number of aromatic nitrogens is 1. The van der Waals surface area contributed by atoms with E-state index < -0.39 is 29.9 Å². The number of nitrogens with two attached hydrogens (primary N) is 1. The van der Waals surface area contributed by atoms with Crippen LogP contribution in [0.5, 0.6) is 0 Å². The Morgan fingerprint density at radius 1 is 1.18 bits per heavy atom. The Bertz CT molecular complexity index is 1150. The fourth-order valence-corrected chi connectivity index (χ4v) is 4.78. The van der Waals surface area contributed by atoms with Gasteiger partial charge < -0.3 is 16.0 Å². The summed E-state index contributed by atoms with van der Waals surface area (Å²) in [5.41, 5.74) is 6.35. The van der Waals surface area contributed by atoms with Crippen molar-refractivity contribution in [1.29, 1.82) is 0 Å². The van der Waals surface area contributed by atoms with Crippen molar-refractivity contribution in [2.75, 3.05) is 5.75 Å². The molecule has 1 aromatic carbocycles. The summed E-state index contributed by atoms with van der Waals surface area (Å²) >= 11 is 1.36. The number of hydrogen-bond acceptors (Lipinski definition) is 6. The molecule has 1 saturated heterocycles. The Hall–Kier alpha value is -3.18. The first-order valence-electron chi connectivity index (χ1n) is 10.3. The van der Waals surface area contributed by atoms with E-state index in [1.165, 1.54) is 36.2 Å². The third kappa shape index (κ3) is 5.31. The number of nitrogens with one attached hydrogen (secondary N) is 1.